The van der Waals surface area contributed by atoms with Gasteiger partial charge in [-0.1, -0.05) is 48.6 Å². The van der Waals surface area contributed by atoms with Gasteiger partial charge >= 0.3 is 0 Å². The summed E-state index contributed by atoms with van der Waals surface area (Å²) in [5.74, 6) is -0.327. The second kappa shape index (κ2) is 4.74. The third-order valence-corrected chi connectivity index (χ3v) is 2.06. The molecule has 0 heterocycles. The molecule has 0 aliphatic heterocycles. The maximum atomic E-state index is 13.5. The zero-order valence-corrected chi connectivity index (χ0v) is 9.18. The smallest absolute Gasteiger partial charge is 0.130 e. The van der Waals surface area contributed by atoms with Gasteiger partial charge in [0.2, 0.25) is 0 Å². The van der Waals surface area contributed by atoms with Crippen molar-refractivity contribution in [2.75, 3.05) is 0 Å². The summed E-state index contributed by atoms with van der Waals surface area (Å²) < 4.78 is 13.5. The Morgan fingerprint density at radius 1 is 1.20 bits per heavy atom. The predicted molar refractivity (Wildman–Crippen MR) is 64.2 cm³/mol. The molecule has 1 aromatic carbocycles. The molecule has 0 amide bonds. The fourth-order valence-corrected chi connectivity index (χ4v) is 1.20. The summed E-state index contributed by atoms with van der Waals surface area (Å²) in [5, 5.41) is 0. The molecular weight excluding hydrogens is 187 g/mol. The van der Waals surface area contributed by atoms with Crippen LogP contribution in [0.25, 0.3) is 5.57 Å². The van der Waals surface area contributed by atoms with Crippen LogP contribution in [0.1, 0.15) is 18.1 Å². The Balaban J connectivity index is 2.95. The molecule has 0 saturated carbocycles. The minimum absolute atomic E-state index is 0.327. The highest BCUT2D eigenvalue weighted by Gasteiger charge is 2.04. The van der Waals surface area contributed by atoms with Gasteiger partial charge in [-0.2, -0.15) is 0 Å². The van der Waals surface area contributed by atoms with Crippen molar-refractivity contribution in [1.82, 2.24) is 0 Å². The van der Waals surface area contributed by atoms with Crippen LogP contribution in [-0.4, -0.2) is 0 Å². The molecule has 1 aromatic rings. The number of rotatable bonds is 3. The Hall–Kier alpha value is -1.63. The Labute approximate surface area is 90.4 Å². The van der Waals surface area contributed by atoms with Crippen LogP contribution >= 0.6 is 0 Å². The van der Waals surface area contributed by atoms with E-state index in [1.807, 2.05) is 31.2 Å². The Morgan fingerprint density at radius 3 is 2.20 bits per heavy atom. The molecule has 0 radical (unpaired) electrons. The van der Waals surface area contributed by atoms with E-state index in [2.05, 4.69) is 13.2 Å². The van der Waals surface area contributed by atoms with Crippen molar-refractivity contribution < 1.29 is 4.39 Å². The molecule has 0 nitrogen and oxygen atoms in total. The third kappa shape index (κ3) is 3.21. The van der Waals surface area contributed by atoms with Crippen molar-refractivity contribution in [3.8, 4) is 0 Å². The number of halogens is 1. The quantitative estimate of drug-likeness (QED) is 0.636. The van der Waals surface area contributed by atoms with Gasteiger partial charge in [0.25, 0.3) is 0 Å². The van der Waals surface area contributed by atoms with E-state index in [9.17, 15) is 4.39 Å². The first-order chi connectivity index (χ1) is 7.00. The van der Waals surface area contributed by atoms with Gasteiger partial charge in [-0.15, -0.1) is 0 Å². The van der Waals surface area contributed by atoms with Gasteiger partial charge in [0.1, 0.15) is 5.83 Å². The van der Waals surface area contributed by atoms with E-state index < -0.39 is 0 Å². The van der Waals surface area contributed by atoms with Crippen molar-refractivity contribution in [3.05, 3.63) is 66.0 Å². The van der Waals surface area contributed by atoms with E-state index in [1.54, 1.807) is 6.92 Å². The first-order valence-corrected chi connectivity index (χ1v) is 4.79. The number of aryl methyl sites for hydroxylation is 1. The van der Waals surface area contributed by atoms with Crippen LogP contribution in [0.3, 0.4) is 0 Å². The lowest BCUT2D eigenvalue weighted by Gasteiger charge is -2.04. The molecule has 0 aliphatic carbocycles. The lowest BCUT2D eigenvalue weighted by Crippen LogP contribution is -1.84. The largest absolute Gasteiger partial charge is 0.206 e. The molecule has 0 atom stereocenters. The fourth-order valence-electron chi connectivity index (χ4n) is 1.20. The van der Waals surface area contributed by atoms with Gasteiger partial charge < -0.3 is 0 Å². The Morgan fingerprint density at radius 2 is 1.73 bits per heavy atom. The van der Waals surface area contributed by atoms with Gasteiger partial charge in [0.15, 0.2) is 0 Å². The monoisotopic (exact) mass is 202 g/mol. The van der Waals surface area contributed by atoms with E-state index in [0.29, 0.717) is 11.1 Å². The SMILES string of the molecule is C=C(C)/C=C(/F)C(=C)c1ccc(C)cc1. The highest BCUT2D eigenvalue weighted by molar-refractivity contribution is 5.75. The van der Waals surface area contributed by atoms with Gasteiger partial charge in [-0.25, -0.2) is 4.39 Å². The molecule has 0 bridgehead atoms. The third-order valence-electron chi connectivity index (χ3n) is 2.06. The number of benzene rings is 1. The van der Waals surface area contributed by atoms with Gasteiger partial charge in [0.05, 0.1) is 0 Å². The number of hydrogen-bond acceptors (Lipinski definition) is 0. The summed E-state index contributed by atoms with van der Waals surface area (Å²) >= 11 is 0. The molecule has 78 valence electrons. The van der Waals surface area contributed by atoms with Gasteiger partial charge in [-0.05, 0) is 25.5 Å². The lowest BCUT2D eigenvalue weighted by molar-refractivity contribution is 0.673. The minimum Gasteiger partial charge on any atom is -0.206 e. The highest BCUT2D eigenvalue weighted by atomic mass is 19.1. The van der Waals surface area contributed by atoms with E-state index >= 15 is 0 Å². The first-order valence-electron chi connectivity index (χ1n) is 4.79. The number of allylic oxidation sites excluding steroid dienone is 4. The van der Waals surface area contributed by atoms with Crippen molar-refractivity contribution >= 4 is 5.57 Å². The summed E-state index contributed by atoms with van der Waals surface area (Å²) in [6.45, 7) is 11.1. The van der Waals surface area contributed by atoms with Crippen LogP contribution in [0.2, 0.25) is 0 Å². The molecule has 0 aliphatic rings. The molecule has 1 rings (SSSR count). The van der Waals surface area contributed by atoms with Crippen LogP contribution in [0.5, 0.6) is 0 Å². The molecule has 0 saturated heterocycles. The summed E-state index contributed by atoms with van der Waals surface area (Å²) in [7, 11) is 0. The molecule has 1 heteroatoms. The van der Waals surface area contributed by atoms with Crippen LogP contribution in [0.15, 0.2) is 54.9 Å². The molecule has 0 N–H and O–H groups in total. The van der Waals surface area contributed by atoms with E-state index in [1.165, 1.54) is 6.08 Å². The van der Waals surface area contributed by atoms with Crippen LogP contribution in [0, 0.1) is 6.92 Å². The average molecular weight is 202 g/mol. The zero-order valence-electron chi connectivity index (χ0n) is 9.18. The summed E-state index contributed by atoms with van der Waals surface area (Å²) in [6.07, 6.45) is 1.39. The normalized spacial score (nSPS) is 11.3. The summed E-state index contributed by atoms with van der Waals surface area (Å²) in [6, 6.07) is 7.61. The molecular formula is C14H15F. The maximum absolute atomic E-state index is 13.5. The van der Waals surface area contributed by atoms with E-state index in [0.717, 1.165) is 11.1 Å². The van der Waals surface area contributed by atoms with Crippen LogP contribution in [-0.2, 0) is 0 Å². The highest BCUT2D eigenvalue weighted by Crippen LogP contribution is 2.23. The van der Waals surface area contributed by atoms with Crippen molar-refractivity contribution in [3.63, 3.8) is 0 Å². The predicted octanol–water partition coefficient (Wildman–Crippen LogP) is 4.44. The second-order valence-corrected chi connectivity index (χ2v) is 3.68. The van der Waals surface area contributed by atoms with Gasteiger partial charge in [-0.3, -0.25) is 0 Å². The minimum atomic E-state index is -0.327. The standard InChI is InChI=1S/C14H15F/c1-10(2)9-14(15)12(4)13-7-5-11(3)6-8-13/h5-9H,1,4H2,2-3H3/b14-9+. The van der Waals surface area contributed by atoms with Crippen LogP contribution < -0.4 is 0 Å². The zero-order chi connectivity index (χ0) is 11.4. The average Bonchev–Trinajstić information content (AvgIpc) is 2.17. The van der Waals surface area contributed by atoms with Crippen LogP contribution in [0.4, 0.5) is 4.39 Å². The van der Waals surface area contributed by atoms with Crippen molar-refractivity contribution in [2.45, 2.75) is 13.8 Å². The Bertz CT molecular complexity index is 407. The molecule has 0 fully saturated rings. The number of hydrogen-bond donors (Lipinski definition) is 0. The van der Waals surface area contributed by atoms with Gasteiger partial charge in [0, 0.05) is 5.57 Å². The van der Waals surface area contributed by atoms with E-state index in [4.69, 9.17) is 0 Å². The summed E-state index contributed by atoms with van der Waals surface area (Å²) in [4.78, 5) is 0. The Kier molecular flexibility index (Phi) is 3.62. The van der Waals surface area contributed by atoms with Crippen molar-refractivity contribution in [2.24, 2.45) is 0 Å². The molecule has 15 heavy (non-hydrogen) atoms. The summed E-state index contributed by atoms with van der Waals surface area (Å²) in [5.41, 5.74) is 3.03. The topological polar surface area (TPSA) is 0 Å². The molecule has 0 spiro atoms. The maximum Gasteiger partial charge on any atom is 0.130 e. The molecule has 0 unspecified atom stereocenters. The molecule has 0 aromatic heterocycles. The second-order valence-electron chi connectivity index (χ2n) is 3.68. The lowest BCUT2D eigenvalue weighted by atomic mass is 10.0. The van der Waals surface area contributed by atoms with E-state index in [-0.39, 0.29) is 5.83 Å². The first kappa shape index (κ1) is 11.4. The fraction of sp³-hybridized carbons (Fsp3) is 0.143. The van der Waals surface area contributed by atoms with Crippen molar-refractivity contribution in [1.29, 1.82) is 0 Å².